The molecule has 0 radical (unpaired) electrons. The van der Waals surface area contributed by atoms with E-state index in [1.165, 1.54) is 0 Å². The molecule has 1 aromatic carbocycles. The Hall–Kier alpha value is -2.04. The van der Waals surface area contributed by atoms with Crippen LogP contribution >= 0.6 is 0 Å². The lowest BCUT2D eigenvalue weighted by Crippen LogP contribution is -2.44. The van der Waals surface area contributed by atoms with Gasteiger partial charge in [0.15, 0.2) is 0 Å². The van der Waals surface area contributed by atoms with E-state index in [-0.39, 0.29) is 18.5 Å². The van der Waals surface area contributed by atoms with Crippen molar-refractivity contribution in [2.24, 2.45) is 0 Å². The van der Waals surface area contributed by atoms with Crippen molar-refractivity contribution in [2.45, 2.75) is 38.6 Å². The molecule has 0 aliphatic carbocycles. The average Bonchev–Trinajstić information content (AvgIpc) is 2.46. The monoisotopic (exact) mass is 292 g/mol. The van der Waals surface area contributed by atoms with Gasteiger partial charge in [0.05, 0.1) is 0 Å². The van der Waals surface area contributed by atoms with Gasteiger partial charge in [-0.3, -0.25) is 4.79 Å². The van der Waals surface area contributed by atoms with Crippen LogP contribution in [0.15, 0.2) is 30.3 Å². The molecule has 0 bridgehead atoms. The van der Waals surface area contributed by atoms with Crippen molar-refractivity contribution in [1.29, 1.82) is 0 Å². The van der Waals surface area contributed by atoms with E-state index in [1.54, 1.807) is 11.9 Å². The van der Waals surface area contributed by atoms with Crippen LogP contribution in [0.1, 0.15) is 31.7 Å². The maximum atomic E-state index is 12.0. The number of hydrogen-bond donors (Lipinski definition) is 2. The third-order valence-electron chi connectivity index (χ3n) is 3.26. The second-order valence-corrected chi connectivity index (χ2v) is 5.19. The topological polar surface area (TPSA) is 69.6 Å². The number of hydrogen-bond acceptors (Lipinski definition) is 2. The zero-order valence-electron chi connectivity index (χ0n) is 12.7. The van der Waals surface area contributed by atoms with E-state index in [9.17, 15) is 9.59 Å². The first-order chi connectivity index (χ1) is 10.0. The highest BCUT2D eigenvalue weighted by Crippen LogP contribution is 2.08. The highest BCUT2D eigenvalue weighted by molar-refractivity contribution is 5.74. The van der Waals surface area contributed by atoms with Crippen LogP contribution in [-0.2, 0) is 11.2 Å². The third-order valence-corrected chi connectivity index (χ3v) is 3.26. The summed E-state index contributed by atoms with van der Waals surface area (Å²) in [5.41, 5.74) is 1.09. The molecule has 21 heavy (non-hydrogen) atoms. The highest BCUT2D eigenvalue weighted by atomic mass is 16.4. The SMILES string of the molecule is CCCN(C)C(=O)NC(CCC(=O)O)Cc1ccccc1. The zero-order valence-corrected chi connectivity index (χ0v) is 12.7. The van der Waals surface area contributed by atoms with Gasteiger partial charge >= 0.3 is 12.0 Å². The quantitative estimate of drug-likeness (QED) is 0.773. The average molecular weight is 292 g/mol. The Morgan fingerprint density at radius 1 is 1.29 bits per heavy atom. The molecule has 0 aromatic heterocycles. The minimum absolute atomic E-state index is 0.0509. The summed E-state index contributed by atoms with van der Waals surface area (Å²) in [5.74, 6) is -0.843. The number of rotatable bonds is 8. The molecule has 1 unspecified atom stereocenters. The highest BCUT2D eigenvalue weighted by Gasteiger charge is 2.16. The van der Waals surface area contributed by atoms with Gasteiger partial charge in [-0.1, -0.05) is 37.3 Å². The Bertz CT molecular complexity index is 448. The summed E-state index contributed by atoms with van der Waals surface area (Å²) in [6.07, 6.45) is 2.01. The van der Waals surface area contributed by atoms with E-state index in [0.29, 0.717) is 19.4 Å². The zero-order chi connectivity index (χ0) is 15.7. The van der Waals surface area contributed by atoms with Crippen LogP contribution < -0.4 is 5.32 Å². The first kappa shape index (κ1) is 17.0. The van der Waals surface area contributed by atoms with Crippen molar-refractivity contribution in [3.05, 3.63) is 35.9 Å². The smallest absolute Gasteiger partial charge is 0.317 e. The summed E-state index contributed by atoms with van der Waals surface area (Å²) in [7, 11) is 1.75. The summed E-state index contributed by atoms with van der Waals surface area (Å²) in [5, 5.41) is 11.8. The second kappa shape index (κ2) is 9.00. The maximum Gasteiger partial charge on any atom is 0.317 e. The van der Waals surface area contributed by atoms with Crippen LogP contribution in [0.25, 0.3) is 0 Å². The van der Waals surface area contributed by atoms with Gasteiger partial charge in [-0.05, 0) is 24.8 Å². The Morgan fingerprint density at radius 3 is 2.52 bits per heavy atom. The van der Waals surface area contributed by atoms with Crippen LogP contribution in [0.4, 0.5) is 4.79 Å². The molecule has 1 atom stereocenters. The second-order valence-electron chi connectivity index (χ2n) is 5.19. The lowest BCUT2D eigenvalue weighted by molar-refractivity contribution is -0.137. The van der Waals surface area contributed by atoms with Gasteiger partial charge in [-0.2, -0.15) is 0 Å². The van der Waals surface area contributed by atoms with Crippen molar-refractivity contribution >= 4 is 12.0 Å². The molecule has 116 valence electrons. The van der Waals surface area contributed by atoms with Gasteiger partial charge in [0.1, 0.15) is 0 Å². The van der Waals surface area contributed by atoms with Crippen molar-refractivity contribution in [2.75, 3.05) is 13.6 Å². The number of carbonyl (C=O) groups excluding carboxylic acids is 1. The molecule has 5 heteroatoms. The molecule has 1 aromatic rings. The fourth-order valence-corrected chi connectivity index (χ4v) is 2.14. The van der Waals surface area contributed by atoms with Crippen molar-refractivity contribution < 1.29 is 14.7 Å². The van der Waals surface area contributed by atoms with E-state index in [4.69, 9.17) is 5.11 Å². The van der Waals surface area contributed by atoms with Crippen molar-refractivity contribution in [3.8, 4) is 0 Å². The molecule has 0 heterocycles. The van der Waals surface area contributed by atoms with Gasteiger partial charge in [0, 0.05) is 26.1 Å². The normalized spacial score (nSPS) is 11.7. The number of benzene rings is 1. The van der Waals surface area contributed by atoms with Gasteiger partial charge in [-0.25, -0.2) is 4.79 Å². The molecular formula is C16H24N2O3. The van der Waals surface area contributed by atoms with E-state index < -0.39 is 5.97 Å². The molecule has 2 N–H and O–H groups in total. The fourth-order valence-electron chi connectivity index (χ4n) is 2.14. The maximum absolute atomic E-state index is 12.0. The van der Waals surface area contributed by atoms with Gasteiger partial charge < -0.3 is 15.3 Å². The van der Waals surface area contributed by atoms with Gasteiger partial charge in [0.25, 0.3) is 0 Å². The van der Waals surface area contributed by atoms with E-state index in [2.05, 4.69) is 5.32 Å². The molecule has 2 amide bonds. The number of carboxylic acids is 1. The molecule has 0 fully saturated rings. The summed E-state index contributed by atoms with van der Waals surface area (Å²) in [6, 6.07) is 9.45. The summed E-state index contributed by atoms with van der Waals surface area (Å²) >= 11 is 0. The van der Waals surface area contributed by atoms with E-state index >= 15 is 0 Å². The predicted molar refractivity (Wildman–Crippen MR) is 82.3 cm³/mol. The summed E-state index contributed by atoms with van der Waals surface area (Å²) in [6.45, 7) is 2.69. The Kier molecular flexibility index (Phi) is 7.29. The minimum atomic E-state index is -0.843. The van der Waals surface area contributed by atoms with Crippen molar-refractivity contribution in [3.63, 3.8) is 0 Å². The lowest BCUT2D eigenvalue weighted by atomic mass is 10.0. The number of nitrogens with one attached hydrogen (secondary N) is 1. The van der Waals surface area contributed by atoms with Crippen molar-refractivity contribution in [1.82, 2.24) is 10.2 Å². The standard InChI is InChI=1S/C16H24N2O3/c1-3-11-18(2)16(21)17-14(9-10-15(19)20)12-13-7-5-4-6-8-13/h4-8,14H,3,9-12H2,1-2H3,(H,17,21)(H,19,20). The first-order valence-electron chi connectivity index (χ1n) is 7.30. The van der Waals surface area contributed by atoms with Gasteiger partial charge in [0.2, 0.25) is 0 Å². The van der Waals surface area contributed by atoms with Crippen LogP contribution in [0.3, 0.4) is 0 Å². The molecule has 1 rings (SSSR count). The molecular weight excluding hydrogens is 268 g/mol. The first-order valence-corrected chi connectivity index (χ1v) is 7.30. The number of carboxylic acid groups (broad SMARTS) is 1. The Labute approximate surface area is 126 Å². The van der Waals surface area contributed by atoms with E-state index in [0.717, 1.165) is 12.0 Å². The van der Waals surface area contributed by atoms with Crippen LogP contribution in [0, 0.1) is 0 Å². The van der Waals surface area contributed by atoms with Crippen LogP contribution in [0.5, 0.6) is 0 Å². The van der Waals surface area contributed by atoms with Crippen LogP contribution in [0.2, 0.25) is 0 Å². The van der Waals surface area contributed by atoms with E-state index in [1.807, 2.05) is 37.3 Å². The summed E-state index contributed by atoms with van der Waals surface area (Å²) < 4.78 is 0. The Morgan fingerprint density at radius 2 is 1.95 bits per heavy atom. The predicted octanol–water partition coefficient (Wildman–Crippen LogP) is 2.51. The minimum Gasteiger partial charge on any atom is -0.481 e. The Balaban J connectivity index is 2.63. The fraction of sp³-hybridized carbons (Fsp3) is 0.500. The lowest BCUT2D eigenvalue weighted by Gasteiger charge is -2.23. The number of urea groups is 1. The number of nitrogens with zero attached hydrogens (tertiary/aromatic N) is 1. The molecule has 0 saturated carbocycles. The third kappa shape index (κ3) is 6.79. The number of carbonyl (C=O) groups is 2. The molecule has 0 aliphatic rings. The largest absolute Gasteiger partial charge is 0.481 e. The molecule has 0 spiro atoms. The molecule has 5 nitrogen and oxygen atoms in total. The molecule has 0 saturated heterocycles. The van der Waals surface area contributed by atoms with Crippen LogP contribution in [-0.4, -0.2) is 41.6 Å². The number of aliphatic carboxylic acids is 1. The molecule has 0 aliphatic heterocycles. The number of amides is 2. The van der Waals surface area contributed by atoms with Gasteiger partial charge in [-0.15, -0.1) is 0 Å². The summed E-state index contributed by atoms with van der Waals surface area (Å²) in [4.78, 5) is 24.4.